The fourth-order valence-corrected chi connectivity index (χ4v) is 3.70. The van der Waals surface area contributed by atoms with Crippen LogP contribution in [0.4, 0.5) is 0 Å². The first kappa shape index (κ1) is 17.1. The van der Waals surface area contributed by atoms with Gasteiger partial charge in [0.1, 0.15) is 0 Å². The summed E-state index contributed by atoms with van der Waals surface area (Å²) < 4.78 is 7.38. The van der Waals surface area contributed by atoms with E-state index in [1.54, 1.807) is 10.9 Å². The number of fused-ring (bicyclic) bond motifs is 1. The second-order valence-corrected chi connectivity index (χ2v) is 6.87. The number of amides is 1. The van der Waals surface area contributed by atoms with E-state index in [9.17, 15) is 4.79 Å². The summed E-state index contributed by atoms with van der Waals surface area (Å²) in [6, 6.07) is 9.98. The SMILES string of the molecule is O=C(N[C@@H]1C[C@H]2CO[C@@H](CCO)CN2C1)c1cn(-c2ccccc2)nn1. The van der Waals surface area contributed by atoms with Crippen molar-refractivity contribution in [1.29, 1.82) is 0 Å². The number of carbonyl (C=O) groups excluding carboxylic acids is 1. The smallest absolute Gasteiger partial charge is 0.273 e. The number of carbonyl (C=O) groups is 1. The lowest BCUT2D eigenvalue weighted by Crippen LogP contribution is -2.46. The standard InChI is InChI=1S/C18H23N5O3/c24-7-6-16-10-22-9-13(8-15(22)12-26-16)19-18(25)17-11-23(21-20-17)14-4-2-1-3-5-14/h1-5,11,13,15-16,24H,6-10,12H2,(H,19,25)/t13-,15+,16+/m1/s1. The zero-order valence-corrected chi connectivity index (χ0v) is 14.5. The monoisotopic (exact) mass is 357 g/mol. The molecule has 2 aliphatic rings. The molecule has 8 heteroatoms. The first-order valence-electron chi connectivity index (χ1n) is 8.98. The molecule has 2 saturated heterocycles. The van der Waals surface area contributed by atoms with Gasteiger partial charge >= 0.3 is 0 Å². The number of aliphatic hydroxyl groups is 1. The van der Waals surface area contributed by atoms with E-state index in [4.69, 9.17) is 9.84 Å². The van der Waals surface area contributed by atoms with Gasteiger partial charge in [0.15, 0.2) is 5.69 Å². The summed E-state index contributed by atoms with van der Waals surface area (Å²) in [5.74, 6) is -0.204. The van der Waals surface area contributed by atoms with Crippen LogP contribution >= 0.6 is 0 Å². The van der Waals surface area contributed by atoms with Crippen LogP contribution < -0.4 is 5.32 Å². The Balaban J connectivity index is 1.35. The second-order valence-electron chi connectivity index (χ2n) is 6.87. The van der Waals surface area contributed by atoms with Gasteiger partial charge in [0.2, 0.25) is 0 Å². The van der Waals surface area contributed by atoms with Crippen LogP contribution in [0.5, 0.6) is 0 Å². The van der Waals surface area contributed by atoms with Gasteiger partial charge in [-0.05, 0) is 25.0 Å². The normalized spacial score (nSPS) is 25.8. The Morgan fingerprint density at radius 3 is 2.96 bits per heavy atom. The van der Waals surface area contributed by atoms with E-state index >= 15 is 0 Å². The first-order chi connectivity index (χ1) is 12.7. The van der Waals surface area contributed by atoms with E-state index in [-0.39, 0.29) is 24.7 Å². The Kier molecular flexibility index (Phi) is 4.96. The highest BCUT2D eigenvalue weighted by molar-refractivity contribution is 5.92. The van der Waals surface area contributed by atoms with Crippen molar-refractivity contribution >= 4 is 5.91 Å². The topological polar surface area (TPSA) is 92.5 Å². The molecule has 2 N–H and O–H groups in total. The second kappa shape index (κ2) is 7.53. The number of nitrogens with zero attached hydrogens (tertiary/aromatic N) is 4. The first-order valence-corrected chi connectivity index (χ1v) is 8.98. The third-order valence-electron chi connectivity index (χ3n) is 5.02. The lowest BCUT2D eigenvalue weighted by molar-refractivity contribution is -0.0566. The number of morpholine rings is 1. The highest BCUT2D eigenvalue weighted by Crippen LogP contribution is 2.24. The summed E-state index contributed by atoms with van der Waals surface area (Å²) in [5, 5.41) is 20.2. The lowest BCUT2D eigenvalue weighted by Gasteiger charge is -2.34. The summed E-state index contributed by atoms with van der Waals surface area (Å²) in [4.78, 5) is 14.9. The summed E-state index contributed by atoms with van der Waals surface area (Å²) in [5.41, 5.74) is 1.18. The summed E-state index contributed by atoms with van der Waals surface area (Å²) >= 11 is 0. The van der Waals surface area contributed by atoms with E-state index in [0.717, 1.165) is 25.2 Å². The summed E-state index contributed by atoms with van der Waals surface area (Å²) in [6.07, 6.45) is 3.25. The minimum Gasteiger partial charge on any atom is -0.396 e. The van der Waals surface area contributed by atoms with Gasteiger partial charge in [-0.15, -0.1) is 5.10 Å². The van der Waals surface area contributed by atoms with Gasteiger partial charge in [0.25, 0.3) is 5.91 Å². The molecule has 0 aliphatic carbocycles. The maximum atomic E-state index is 12.5. The Labute approximate surface area is 151 Å². The van der Waals surface area contributed by atoms with E-state index < -0.39 is 0 Å². The molecule has 2 fully saturated rings. The van der Waals surface area contributed by atoms with Crippen LogP contribution in [0, 0.1) is 0 Å². The molecule has 26 heavy (non-hydrogen) atoms. The fourth-order valence-electron chi connectivity index (χ4n) is 3.70. The number of aliphatic hydroxyl groups excluding tert-OH is 1. The zero-order chi connectivity index (χ0) is 17.9. The molecule has 0 unspecified atom stereocenters. The Morgan fingerprint density at radius 1 is 1.31 bits per heavy atom. The molecule has 0 bridgehead atoms. The van der Waals surface area contributed by atoms with Crippen molar-refractivity contribution < 1.29 is 14.6 Å². The lowest BCUT2D eigenvalue weighted by atomic mass is 10.1. The number of hydrogen-bond donors (Lipinski definition) is 2. The molecule has 8 nitrogen and oxygen atoms in total. The van der Waals surface area contributed by atoms with Gasteiger partial charge in [-0.3, -0.25) is 9.69 Å². The van der Waals surface area contributed by atoms with Crippen LogP contribution in [0.25, 0.3) is 5.69 Å². The van der Waals surface area contributed by atoms with Crippen molar-refractivity contribution in [2.24, 2.45) is 0 Å². The van der Waals surface area contributed by atoms with Crippen molar-refractivity contribution in [2.45, 2.75) is 31.0 Å². The maximum Gasteiger partial charge on any atom is 0.273 e. The molecule has 0 spiro atoms. The molecule has 1 aromatic heterocycles. The number of nitrogens with one attached hydrogen (secondary N) is 1. The van der Waals surface area contributed by atoms with Gasteiger partial charge in [-0.1, -0.05) is 23.4 Å². The van der Waals surface area contributed by atoms with Crippen LogP contribution in [-0.4, -0.2) is 75.4 Å². The molecular formula is C18H23N5O3. The number of para-hydroxylation sites is 1. The van der Waals surface area contributed by atoms with E-state index in [1.165, 1.54) is 0 Å². The fraction of sp³-hybridized carbons (Fsp3) is 0.500. The number of benzene rings is 1. The number of aromatic nitrogens is 3. The van der Waals surface area contributed by atoms with Crippen LogP contribution in [0.1, 0.15) is 23.3 Å². The third kappa shape index (κ3) is 3.62. The molecule has 3 heterocycles. The highest BCUT2D eigenvalue weighted by atomic mass is 16.5. The quantitative estimate of drug-likeness (QED) is 0.795. The number of hydrogen-bond acceptors (Lipinski definition) is 6. The molecule has 1 amide bonds. The molecule has 1 aromatic carbocycles. The highest BCUT2D eigenvalue weighted by Gasteiger charge is 2.37. The van der Waals surface area contributed by atoms with Gasteiger partial charge in [-0.2, -0.15) is 0 Å². The molecule has 138 valence electrons. The zero-order valence-electron chi connectivity index (χ0n) is 14.5. The van der Waals surface area contributed by atoms with E-state index in [1.807, 2.05) is 30.3 Å². The predicted molar refractivity (Wildman–Crippen MR) is 94.0 cm³/mol. The van der Waals surface area contributed by atoms with Crippen LogP contribution in [0.3, 0.4) is 0 Å². The molecule has 0 radical (unpaired) electrons. The molecular weight excluding hydrogens is 334 g/mol. The Morgan fingerprint density at radius 2 is 2.15 bits per heavy atom. The summed E-state index contributed by atoms with van der Waals surface area (Å²) in [6.45, 7) is 2.40. The van der Waals surface area contributed by atoms with Gasteiger partial charge in [0.05, 0.1) is 24.6 Å². The minimum atomic E-state index is -0.204. The Hall–Kier alpha value is -2.29. The summed E-state index contributed by atoms with van der Waals surface area (Å²) in [7, 11) is 0. The molecule has 0 saturated carbocycles. The van der Waals surface area contributed by atoms with E-state index in [0.29, 0.717) is 24.8 Å². The number of rotatable bonds is 5. The van der Waals surface area contributed by atoms with Crippen molar-refractivity contribution in [3.8, 4) is 5.69 Å². The van der Waals surface area contributed by atoms with Gasteiger partial charge < -0.3 is 15.2 Å². The molecule has 2 aromatic rings. The Bertz CT molecular complexity index is 750. The molecule has 2 aliphatic heterocycles. The van der Waals surface area contributed by atoms with Crippen molar-refractivity contribution in [2.75, 3.05) is 26.3 Å². The van der Waals surface area contributed by atoms with Crippen LogP contribution in [0.15, 0.2) is 36.5 Å². The van der Waals surface area contributed by atoms with E-state index in [2.05, 4.69) is 20.5 Å². The average Bonchev–Trinajstić information content (AvgIpc) is 3.29. The molecule has 4 rings (SSSR count). The van der Waals surface area contributed by atoms with Crippen LogP contribution in [-0.2, 0) is 4.74 Å². The maximum absolute atomic E-state index is 12.5. The van der Waals surface area contributed by atoms with Gasteiger partial charge in [-0.25, -0.2) is 4.68 Å². The molecule has 3 atom stereocenters. The minimum absolute atomic E-state index is 0.0749. The van der Waals surface area contributed by atoms with Crippen molar-refractivity contribution in [3.63, 3.8) is 0 Å². The largest absolute Gasteiger partial charge is 0.396 e. The van der Waals surface area contributed by atoms with Crippen LogP contribution in [0.2, 0.25) is 0 Å². The van der Waals surface area contributed by atoms with Crippen molar-refractivity contribution in [3.05, 3.63) is 42.2 Å². The predicted octanol–water partition coefficient (Wildman–Crippen LogP) is 0.221. The van der Waals surface area contributed by atoms with Gasteiger partial charge in [0, 0.05) is 31.8 Å². The average molecular weight is 357 g/mol. The number of ether oxygens (including phenoxy) is 1. The van der Waals surface area contributed by atoms with Crippen molar-refractivity contribution in [1.82, 2.24) is 25.2 Å². The third-order valence-corrected chi connectivity index (χ3v) is 5.02.